The summed E-state index contributed by atoms with van der Waals surface area (Å²) >= 11 is 0. The van der Waals surface area contributed by atoms with Gasteiger partial charge in [0, 0.05) is 6.42 Å². The lowest BCUT2D eigenvalue weighted by Gasteiger charge is -1.96. The Morgan fingerprint density at radius 2 is 1.90 bits per heavy atom. The van der Waals surface area contributed by atoms with Crippen LogP contribution in [0.4, 0.5) is 0 Å². The minimum atomic E-state index is -2.86. The van der Waals surface area contributed by atoms with Gasteiger partial charge in [0.25, 0.3) is 0 Å². The van der Waals surface area contributed by atoms with E-state index in [2.05, 4.69) is 23.4 Å². The molecule has 5 nitrogen and oxygen atoms in total. The standard InChI is InChI=1S/C11H10NO4P.C4H10/c13-17(14)15-8-11-12-7-10(16-11)6-9-4-2-1-3-5-9;1-3-4-2/h1-5,7H,6,8H2;3-4H2,1-2H3. The third-order valence-electron chi connectivity index (χ3n) is 2.62. The fourth-order valence-electron chi connectivity index (χ4n) is 1.40. The number of nitrogens with zero attached hydrogens (tertiary/aromatic N) is 1. The quantitative estimate of drug-likeness (QED) is 0.762. The molecule has 0 aliphatic heterocycles. The molecule has 2 rings (SSSR count). The number of oxazole rings is 1. The Bertz CT molecular complexity index is 525. The fourth-order valence-corrected chi connectivity index (χ4v) is 1.62. The molecule has 1 unspecified atom stereocenters. The van der Waals surface area contributed by atoms with Crippen molar-refractivity contribution < 1.29 is 18.4 Å². The van der Waals surface area contributed by atoms with E-state index >= 15 is 0 Å². The number of hydrogen-bond donors (Lipinski definition) is 0. The largest absolute Gasteiger partial charge is 0.566 e. The predicted molar refractivity (Wildman–Crippen MR) is 78.7 cm³/mol. The first-order valence-electron chi connectivity index (χ1n) is 6.90. The van der Waals surface area contributed by atoms with E-state index in [1.165, 1.54) is 12.8 Å². The van der Waals surface area contributed by atoms with E-state index in [0.717, 1.165) is 5.56 Å². The summed E-state index contributed by atoms with van der Waals surface area (Å²) in [6.07, 6.45) is 4.83. The molecule has 1 aromatic carbocycles. The van der Waals surface area contributed by atoms with E-state index in [4.69, 9.17) is 4.42 Å². The van der Waals surface area contributed by atoms with Gasteiger partial charge in [0.15, 0.2) is 6.61 Å². The van der Waals surface area contributed by atoms with Crippen molar-refractivity contribution in [2.24, 2.45) is 0 Å². The van der Waals surface area contributed by atoms with E-state index in [-0.39, 0.29) is 12.5 Å². The van der Waals surface area contributed by atoms with Crippen molar-refractivity contribution in [1.82, 2.24) is 4.98 Å². The summed E-state index contributed by atoms with van der Waals surface area (Å²) in [4.78, 5) is 14.1. The molecule has 0 fully saturated rings. The summed E-state index contributed by atoms with van der Waals surface area (Å²) in [6, 6.07) is 9.78. The van der Waals surface area contributed by atoms with Crippen molar-refractivity contribution in [2.45, 2.75) is 39.7 Å². The molecule has 0 saturated heterocycles. The topological polar surface area (TPSA) is 75.4 Å². The Hall–Kier alpha value is -1.55. The molecule has 1 heterocycles. The van der Waals surface area contributed by atoms with Crippen molar-refractivity contribution in [1.29, 1.82) is 0 Å². The molecule has 0 bridgehead atoms. The summed E-state index contributed by atoms with van der Waals surface area (Å²) in [5.74, 6) is 0.936. The zero-order valence-corrected chi connectivity index (χ0v) is 13.2. The van der Waals surface area contributed by atoms with Gasteiger partial charge in [-0.3, -0.25) is 0 Å². The van der Waals surface area contributed by atoms with Gasteiger partial charge in [0.2, 0.25) is 5.89 Å². The zero-order valence-electron chi connectivity index (χ0n) is 12.3. The summed E-state index contributed by atoms with van der Waals surface area (Å²) in [6.45, 7) is 4.20. The van der Waals surface area contributed by atoms with Crippen LogP contribution in [0.1, 0.15) is 43.9 Å². The van der Waals surface area contributed by atoms with E-state index in [9.17, 15) is 9.46 Å². The molecule has 0 spiro atoms. The van der Waals surface area contributed by atoms with Crippen LogP contribution in [0.2, 0.25) is 0 Å². The average molecular weight is 309 g/mol. The summed E-state index contributed by atoms with van der Waals surface area (Å²) in [7, 11) is -2.86. The second-order valence-electron chi connectivity index (χ2n) is 4.38. The Labute approximate surface area is 125 Å². The lowest BCUT2D eigenvalue weighted by molar-refractivity contribution is -0.187. The van der Waals surface area contributed by atoms with Crippen LogP contribution < -0.4 is 4.89 Å². The Morgan fingerprint density at radius 3 is 2.48 bits per heavy atom. The van der Waals surface area contributed by atoms with Crippen LogP contribution in [0.5, 0.6) is 0 Å². The molecule has 6 heteroatoms. The molecule has 0 saturated carbocycles. The number of hydrogen-bond acceptors (Lipinski definition) is 5. The van der Waals surface area contributed by atoms with Gasteiger partial charge in [-0.25, -0.2) is 4.98 Å². The second-order valence-corrected chi connectivity index (χ2v) is 5.09. The van der Waals surface area contributed by atoms with Gasteiger partial charge >= 0.3 is 8.25 Å². The number of rotatable bonds is 6. The van der Waals surface area contributed by atoms with Crippen molar-refractivity contribution in [3.8, 4) is 0 Å². The monoisotopic (exact) mass is 309 g/mol. The Morgan fingerprint density at radius 1 is 1.24 bits per heavy atom. The molecule has 1 aromatic heterocycles. The highest BCUT2D eigenvalue weighted by Crippen LogP contribution is 2.15. The van der Waals surface area contributed by atoms with Crippen LogP contribution in [-0.4, -0.2) is 4.98 Å². The third-order valence-corrected chi connectivity index (χ3v) is 2.96. The summed E-state index contributed by atoms with van der Waals surface area (Å²) in [5.41, 5.74) is 1.10. The molecule has 114 valence electrons. The van der Waals surface area contributed by atoms with Crippen LogP contribution in [-0.2, 0) is 22.1 Å². The third kappa shape index (κ3) is 7.71. The van der Waals surface area contributed by atoms with E-state index in [1.54, 1.807) is 6.20 Å². The van der Waals surface area contributed by atoms with Gasteiger partial charge in [0.05, 0.1) is 6.20 Å². The van der Waals surface area contributed by atoms with Crippen LogP contribution in [0, 0.1) is 0 Å². The van der Waals surface area contributed by atoms with E-state index in [0.29, 0.717) is 12.2 Å². The second kappa shape index (κ2) is 10.2. The summed E-state index contributed by atoms with van der Waals surface area (Å²) in [5, 5.41) is 0. The van der Waals surface area contributed by atoms with Crippen LogP contribution in [0.25, 0.3) is 0 Å². The first-order chi connectivity index (χ1) is 10.2. The predicted octanol–water partition coefficient (Wildman–Crippen LogP) is 3.61. The van der Waals surface area contributed by atoms with Crippen molar-refractivity contribution in [3.05, 3.63) is 53.7 Å². The maximum Gasteiger partial charge on any atom is 0.488 e. The van der Waals surface area contributed by atoms with Gasteiger partial charge in [0.1, 0.15) is 5.76 Å². The number of unbranched alkanes of at least 4 members (excludes halogenated alkanes) is 1. The molecule has 21 heavy (non-hydrogen) atoms. The van der Waals surface area contributed by atoms with Crippen molar-refractivity contribution in [3.63, 3.8) is 0 Å². The van der Waals surface area contributed by atoms with Crippen LogP contribution in [0.3, 0.4) is 0 Å². The smallest absolute Gasteiger partial charge is 0.488 e. The first kappa shape index (κ1) is 17.5. The Balaban J connectivity index is 0.000000491. The molecule has 1 atom stereocenters. The number of aromatic nitrogens is 1. The molecule has 0 aliphatic carbocycles. The van der Waals surface area contributed by atoms with Crippen molar-refractivity contribution in [2.75, 3.05) is 0 Å². The highest BCUT2D eigenvalue weighted by Gasteiger charge is 2.09. The minimum absolute atomic E-state index is 0.159. The molecular formula is C15H20NO4P. The first-order valence-corrected chi connectivity index (χ1v) is 8.00. The van der Waals surface area contributed by atoms with Crippen LogP contribution >= 0.6 is 8.25 Å². The Kier molecular flexibility index (Phi) is 8.51. The van der Waals surface area contributed by atoms with Gasteiger partial charge in [-0.15, -0.1) is 4.52 Å². The molecule has 0 N–H and O–H groups in total. The molecular weight excluding hydrogens is 289 g/mol. The average Bonchev–Trinajstić information content (AvgIpc) is 2.94. The van der Waals surface area contributed by atoms with E-state index < -0.39 is 8.25 Å². The van der Waals surface area contributed by atoms with Crippen molar-refractivity contribution >= 4 is 8.25 Å². The fraction of sp³-hybridized carbons (Fsp3) is 0.400. The molecule has 2 aromatic rings. The lowest BCUT2D eigenvalue weighted by Crippen LogP contribution is -1.92. The van der Waals surface area contributed by atoms with E-state index in [1.807, 2.05) is 30.3 Å². The lowest BCUT2D eigenvalue weighted by atomic mass is 10.1. The molecule has 0 radical (unpaired) electrons. The normalized spacial score (nSPS) is 10.7. The van der Waals surface area contributed by atoms with Gasteiger partial charge < -0.3 is 9.31 Å². The zero-order chi connectivity index (χ0) is 15.5. The maximum atomic E-state index is 10.2. The highest BCUT2D eigenvalue weighted by molar-refractivity contribution is 7.30. The van der Waals surface area contributed by atoms with Gasteiger partial charge in [-0.1, -0.05) is 57.0 Å². The summed E-state index contributed by atoms with van der Waals surface area (Å²) < 4.78 is 19.9. The maximum absolute atomic E-state index is 10.2. The SMILES string of the molecule is CCCC.O=[P+]([O-])OCc1ncc(Cc2ccccc2)o1. The van der Waals surface area contributed by atoms with Gasteiger partial charge in [-0.05, 0) is 10.1 Å². The minimum Gasteiger partial charge on any atom is -0.566 e. The van der Waals surface area contributed by atoms with Gasteiger partial charge in [-0.2, -0.15) is 0 Å². The number of benzene rings is 1. The molecule has 0 amide bonds. The molecule has 0 aliphatic rings. The van der Waals surface area contributed by atoms with Crippen LogP contribution in [0.15, 0.2) is 40.9 Å². The highest BCUT2D eigenvalue weighted by atomic mass is 31.1.